The molecule has 1 saturated carbocycles. The van der Waals surface area contributed by atoms with Gasteiger partial charge in [0.2, 0.25) is 0 Å². The molecule has 0 aromatic heterocycles. The van der Waals surface area contributed by atoms with Crippen LogP contribution in [0.3, 0.4) is 0 Å². The van der Waals surface area contributed by atoms with Crippen LogP contribution in [0.2, 0.25) is 0 Å². The SMILES string of the molecule is CC(=O)C(C(N)=O)=C1CCCCC1. The van der Waals surface area contributed by atoms with E-state index in [2.05, 4.69) is 0 Å². The van der Waals surface area contributed by atoms with Crippen molar-refractivity contribution in [3.63, 3.8) is 0 Å². The van der Waals surface area contributed by atoms with Gasteiger partial charge in [-0.1, -0.05) is 12.0 Å². The summed E-state index contributed by atoms with van der Waals surface area (Å²) in [5.74, 6) is -0.756. The molecule has 1 aliphatic carbocycles. The molecule has 72 valence electrons. The van der Waals surface area contributed by atoms with Crippen molar-refractivity contribution in [3.05, 3.63) is 11.1 Å². The highest BCUT2D eigenvalue weighted by Gasteiger charge is 2.18. The number of carbonyl (C=O) groups excluding carboxylic acids is 2. The zero-order valence-electron chi connectivity index (χ0n) is 7.93. The van der Waals surface area contributed by atoms with Gasteiger partial charge in [0, 0.05) is 0 Å². The Labute approximate surface area is 78.0 Å². The molecule has 0 bridgehead atoms. The Bertz CT molecular complexity index is 242. The largest absolute Gasteiger partial charge is 0.365 e. The second-order valence-corrected chi connectivity index (χ2v) is 3.46. The summed E-state index contributed by atoms with van der Waals surface area (Å²) in [7, 11) is 0. The number of ketones is 1. The number of nitrogens with two attached hydrogens (primary N) is 1. The molecule has 3 heteroatoms. The fraction of sp³-hybridized carbons (Fsp3) is 0.600. The van der Waals surface area contributed by atoms with E-state index in [1.807, 2.05) is 0 Å². The first-order valence-corrected chi connectivity index (χ1v) is 4.65. The Balaban J connectivity index is 2.93. The van der Waals surface area contributed by atoms with E-state index in [1.165, 1.54) is 13.3 Å². The fourth-order valence-corrected chi connectivity index (χ4v) is 1.83. The lowest BCUT2D eigenvalue weighted by molar-refractivity contribution is -0.120. The third-order valence-electron chi connectivity index (χ3n) is 2.41. The summed E-state index contributed by atoms with van der Waals surface area (Å²) in [6.45, 7) is 1.40. The van der Waals surface area contributed by atoms with E-state index in [1.54, 1.807) is 0 Å². The molecule has 1 rings (SSSR count). The van der Waals surface area contributed by atoms with Gasteiger partial charge in [-0.2, -0.15) is 0 Å². The molecule has 13 heavy (non-hydrogen) atoms. The zero-order valence-corrected chi connectivity index (χ0v) is 7.93. The van der Waals surface area contributed by atoms with Crippen LogP contribution >= 0.6 is 0 Å². The monoisotopic (exact) mass is 181 g/mol. The average Bonchev–Trinajstić information content (AvgIpc) is 2.04. The van der Waals surface area contributed by atoms with Gasteiger partial charge in [-0.05, 0) is 32.6 Å². The maximum Gasteiger partial charge on any atom is 0.252 e. The lowest BCUT2D eigenvalue weighted by Gasteiger charge is -2.15. The molecule has 0 atom stereocenters. The van der Waals surface area contributed by atoms with Crippen LogP contribution in [-0.2, 0) is 9.59 Å². The summed E-state index contributed by atoms with van der Waals surface area (Å²) < 4.78 is 0. The van der Waals surface area contributed by atoms with Gasteiger partial charge in [-0.15, -0.1) is 0 Å². The molecular formula is C10H15NO2. The van der Waals surface area contributed by atoms with E-state index in [4.69, 9.17) is 5.73 Å². The summed E-state index contributed by atoms with van der Waals surface area (Å²) in [5, 5.41) is 0. The first-order valence-electron chi connectivity index (χ1n) is 4.65. The Morgan fingerprint density at radius 3 is 2.08 bits per heavy atom. The van der Waals surface area contributed by atoms with Crippen molar-refractivity contribution in [2.24, 2.45) is 5.73 Å². The topological polar surface area (TPSA) is 60.2 Å². The number of Topliss-reactive ketones (excluding diaryl/α,β-unsaturated/α-hetero) is 1. The van der Waals surface area contributed by atoms with Crippen LogP contribution in [0.15, 0.2) is 11.1 Å². The molecule has 0 saturated heterocycles. The number of hydrogen-bond donors (Lipinski definition) is 1. The maximum atomic E-state index is 11.1. The third kappa shape index (κ3) is 2.41. The first-order chi connectivity index (χ1) is 6.13. The fourth-order valence-electron chi connectivity index (χ4n) is 1.83. The van der Waals surface area contributed by atoms with Crippen LogP contribution in [0.25, 0.3) is 0 Å². The van der Waals surface area contributed by atoms with Gasteiger partial charge in [0.15, 0.2) is 5.78 Å². The van der Waals surface area contributed by atoms with E-state index < -0.39 is 5.91 Å². The molecule has 1 aliphatic rings. The molecule has 0 unspecified atom stereocenters. The Morgan fingerprint density at radius 2 is 1.69 bits per heavy atom. The first kappa shape index (κ1) is 9.96. The molecule has 1 fully saturated rings. The lowest BCUT2D eigenvalue weighted by Crippen LogP contribution is -2.21. The molecule has 3 nitrogen and oxygen atoms in total. The average molecular weight is 181 g/mol. The minimum absolute atomic E-state index is 0.190. The summed E-state index contributed by atoms with van der Waals surface area (Å²) >= 11 is 0. The zero-order chi connectivity index (χ0) is 9.84. The van der Waals surface area contributed by atoms with E-state index in [9.17, 15) is 9.59 Å². The second-order valence-electron chi connectivity index (χ2n) is 3.46. The van der Waals surface area contributed by atoms with Crippen LogP contribution in [0, 0.1) is 0 Å². The molecule has 1 amide bonds. The minimum Gasteiger partial charge on any atom is -0.365 e. The van der Waals surface area contributed by atoms with Crippen LogP contribution in [0.1, 0.15) is 39.0 Å². The van der Waals surface area contributed by atoms with Crippen molar-refractivity contribution in [1.82, 2.24) is 0 Å². The van der Waals surface area contributed by atoms with E-state index in [0.717, 1.165) is 31.3 Å². The van der Waals surface area contributed by atoms with Crippen LogP contribution < -0.4 is 5.73 Å². The number of amides is 1. The Morgan fingerprint density at radius 1 is 1.15 bits per heavy atom. The summed E-state index contributed by atoms with van der Waals surface area (Å²) in [5.41, 5.74) is 6.36. The maximum absolute atomic E-state index is 11.1. The molecular weight excluding hydrogens is 166 g/mol. The van der Waals surface area contributed by atoms with Crippen molar-refractivity contribution < 1.29 is 9.59 Å². The van der Waals surface area contributed by atoms with E-state index in [-0.39, 0.29) is 11.4 Å². The number of carbonyl (C=O) groups is 2. The van der Waals surface area contributed by atoms with Gasteiger partial charge < -0.3 is 5.73 Å². The molecule has 0 aromatic rings. The summed E-state index contributed by atoms with van der Waals surface area (Å²) in [4.78, 5) is 22.1. The Hall–Kier alpha value is -1.12. The minimum atomic E-state index is -0.565. The smallest absolute Gasteiger partial charge is 0.252 e. The van der Waals surface area contributed by atoms with Gasteiger partial charge in [0.25, 0.3) is 5.91 Å². The molecule has 0 radical (unpaired) electrons. The Kier molecular flexibility index (Phi) is 3.23. The van der Waals surface area contributed by atoms with Crippen molar-refractivity contribution in [2.45, 2.75) is 39.0 Å². The van der Waals surface area contributed by atoms with Crippen LogP contribution in [-0.4, -0.2) is 11.7 Å². The lowest BCUT2D eigenvalue weighted by atomic mass is 9.89. The van der Waals surface area contributed by atoms with Gasteiger partial charge >= 0.3 is 0 Å². The second kappa shape index (κ2) is 4.21. The molecule has 0 aliphatic heterocycles. The van der Waals surface area contributed by atoms with E-state index >= 15 is 0 Å². The summed E-state index contributed by atoms with van der Waals surface area (Å²) in [6.07, 6.45) is 5.04. The summed E-state index contributed by atoms with van der Waals surface area (Å²) in [6, 6.07) is 0. The highest BCUT2D eigenvalue weighted by atomic mass is 16.2. The quantitative estimate of drug-likeness (QED) is 0.397. The van der Waals surface area contributed by atoms with Crippen LogP contribution in [0.5, 0.6) is 0 Å². The van der Waals surface area contributed by atoms with Gasteiger partial charge in [0.05, 0.1) is 5.57 Å². The molecule has 0 spiro atoms. The molecule has 0 heterocycles. The van der Waals surface area contributed by atoms with Gasteiger partial charge in [-0.3, -0.25) is 9.59 Å². The van der Waals surface area contributed by atoms with Crippen molar-refractivity contribution >= 4 is 11.7 Å². The van der Waals surface area contributed by atoms with Gasteiger partial charge in [-0.25, -0.2) is 0 Å². The number of allylic oxidation sites excluding steroid dienone is 1. The highest BCUT2D eigenvalue weighted by molar-refractivity contribution is 6.18. The van der Waals surface area contributed by atoms with Gasteiger partial charge in [0.1, 0.15) is 0 Å². The number of rotatable bonds is 2. The number of hydrogen-bond acceptors (Lipinski definition) is 2. The predicted molar refractivity (Wildman–Crippen MR) is 50.0 cm³/mol. The van der Waals surface area contributed by atoms with Crippen molar-refractivity contribution in [1.29, 1.82) is 0 Å². The van der Waals surface area contributed by atoms with Crippen molar-refractivity contribution in [3.8, 4) is 0 Å². The standard InChI is InChI=1S/C10H15NO2/c1-7(12)9(10(11)13)8-5-3-2-4-6-8/h2-6H2,1H3,(H2,11,13). The van der Waals surface area contributed by atoms with Crippen LogP contribution in [0.4, 0.5) is 0 Å². The highest BCUT2D eigenvalue weighted by Crippen LogP contribution is 2.25. The van der Waals surface area contributed by atoms with Crippen molar-refractivity contribution in [2.75, 3.05) is 0 Å². The molecule has 2 N–H and O–H groups in total. The normalized spacial score (nSPS) is 16.8. The number of primary amides is 1. The third-order valence-corrected chi connectivity index (χ3v) is 2.41. The predicted octanol–water partition coefficient (Wildman–Crippen LogP) is 1.32. The molecule has 0 aromatic carbocycles. The van der Waals surface area contributed by atoms with E-state index in [0.29, 0.717) is 0 Å².